The van der Waals surface area contributed by atoms with E-state index in [0.717, 1.165) is 17.0 Å². The topological polar surface area (TPSA) is 42.2 Å². The fraction of sp³-hybridized carbons (Fsp3) is 0.455. The van der Waals surface area contributed by atoms with E-state index in [1.54, 1.807) is 10.6 Å². The Labute approximate surface area is 99.6 Å². The number of hydrogen-bond donors (Lipinski definition) is 1. The molecule has 0 bridgehead atoms. The summed E-state index contributed by atoms with van der Waals surface area (Å²) >= 11 is 5.91. The fourth-order valence-electron chi connectivity index (χ4n) is 1.52. The molecule has 1 N–H and O–H groups in total. The van der Waals surface area contributed by atoms with Crippen molar-refractivity contribution in [2.24, 2.45) is 0 Å². The SMILES string of the molecule is CNC(C)(C)c1cc2nc(Cl)cc(C)n2n1. The van der Waals surface area contributed by atoms with Crippen LogP contribution in [-0.2, 0) is 5.54 Å². The second-order valence-corrected chi connectivity index (χ2v) is 4.78. The largest absolute Gasteiger partial charge is 0.310 e. The van der Waals surface area contributed by atoms with Crippen molar-refractivity contribution in [3.63, 3.8) is 0 Å². The van der Waals surface area contributed by atoms with Gasteiger partial charge in [0.25, 0.3) is 0 Å². The van der Waals surface area contributed by atoms with Crippen LogP contribution in [0.1, 0.15) is 25.2 Å². The van der Waals surface area contributed by atoms with Crippen LogP contribution in [0.3, 0.4) is 0 Å². The predicted molar refractivity (Wildman–Crippen MR) is 64.8 cm³/mol. The molecular weight excluding hydrogens is 224 g/mol. The lowest BCUT2D eigenvalue weighted by atomic mass is 10.0. The van der Waals surface area contributed by atoms with Gasteiger partial charge in [0.15, 0.2) is 5.65 Å². The molecule has 0 amide bonds. The Morgan fingerprint density at radius 3 is 2.69 bits per heavy atom. The third-order valence-electron chi connectivity index (χ3n) is 2.84. The summed E-state index contributed by atoms with van der Waals surface area (Å²) in [5, 5.41) is 8.24. The first-order valence-corrected chi connectivity index (χ1v) is 5.54. The lowest BCUT2D eigenvalue weighted by Crippen LogP contribution is -2.33. The molecule has 0 saturated heterocycles. The molecular formula is C11H15ClN4. The van der Waals surface area contributed by atoms with Crippen LogP contribution >= 0.6 is 11.6 Å². The Morgan fingerprint density at radius 1 is 1.38 bits per heavy atom. The number of rotatable bonds is 2. The van der Waals surface area contributed by atoms with Gasteiger partial charge in [0.05, 0.1) is 11.2 Å². The molecule has 0 fully saturated rings. The van der Waals surface area contributed by atoms with Gasteiger partial charge in [-0.1, -0.05) is 11.6 Å². The van der Waals surface area contributed by atoms with Crippen molar-refractivity contribution < 1.29 is 0 Å². The van der Waals surface area contributed by atoms with Crippen molar-refractivity contribution in [3.8, 4) is 0 Å². The molecule has 2 aromatic heterocycles. The highest BCUT2D eigenvalue weighted by Gasteiger charge is 2.22. The molecule has 0 saturated carbocycles. The average Bonchev–Trinajstić information content (AvgIpc) is 2.62. The smallest absolute Gasteiger partial charge is 0.157 e. The summed E-state index contributed by atoms with van der Waals surface area (Å²) in [6, 6.07) is 3.76. The predicted octanol–water partition coefficient (Wildman–Crippen LogP) is 2.15. The first-order valence-electron chi connectivity index (χ1n) is 5.16. The quantitative estimate of drug-likeness (QED) is 0.816. The van der Waals surface area contributed by atoms with Crippen molar-refractivity contribution in [2.75, 3.05) is 7.05 Å². The maximum absolute atomic E-state index is 5.91. The molecule has 2 rings (SSSR count). The van der Waals surface area contributed by atoms with Gasteiger partial charge < -0.3 is 5.32 Å². The van der Waals surface area contributed by atoms with Gasteiger partial charge in [0, 0.05) is 11.8 Å². The first kappa shape index (κ1) is 11.4. The van der Waals surface area contributed by atoms with Crippen LogP contribution in [0.2, 0.25) is 5.15 Å². The molecule has 2 heterocycles. The number of nitrogens with zero attached hydrogens (tertiary/aromatic N) is 3. The van der Waals surface area contributed by atoms with Gasteiger partial charge >= 0.3 is 0 Å². The summed E-state index contributed by atoms with van der Waals surface area (Å²) in [6.45, 7) is 6.11. The van der Waals surface area contributed by atoms with Gasteiger partial charge in [-0.25, -0.2) is 9.50 Å². The minimum atomic E-state index is -0.174. The monoisotopic (exact) mass is 238 g/mol. The Hall–Kier alpha value is -1.13. The molecule has 0 unspecified atom stereocenters. The normalized spacial score (nSPS) is 12.3. The number of nitrogens with one attached hydrogen (secondary N) is 1. The minimum absolute atomic E-state index is 0.174. The zero-order chi connectivity index (χ0) is 11.9. The molecule has 0 aliphatic carbocycles. The number of aromatic nitrogens is 3. The molecule has 86 valence electrons. The van der Waals surface area contributed by atoms with Crippen LogP contribution in [-0.4, -0.2) is 21.6 Å². The van der Waals surface area contributed by atoms with E-state index in [1.807, 2.05) is 20.0 Å². The number of fused-ring (bicyclic) bond motifs is 1. The Bertz CT molecular complexity index is 530. The van der Waals surface area contributed by atoms with Crippen molar-refractivity contribution in [2.45, 2.75) is 26.3 Å². The van der Waals surface area contributed by atoms with E-state index < -0.39 is 0 Å². The molecule has 16 heavy (non-hydrogen) atoms. The highest BCUT2D eigenvalue weighted by atomic mass is 35.5. The van der Waals surface area contributed by atoms with Crippen molar-refractivity contribution >= 4 is 17.2 Å². The third-order valence-corrected chi connectivity index (χ3v) is 3.03. The molecule has 0 aliphatic heterocycles. The zero-order valence-electron chi connectivity index (χ0n) is 9.87. The molecule has 0 spiro atoms. The van der Waals surface area contributed by atoms with Gasteiger partial charge in [-0.2, -0.15) is 5.10 Å². The Balaban J connectivity index is 2.65. The summed E-state index contributed by atoms with van der Waals surface area (Å²) in [6.07, 6.45) is 0. The van der Waals surface area contributed by atoms with E-state index in [1.165, 1.54) is 0 Å². The third kappa shape index (κ3) is 1.79. The number of hydrogen-bond acceptors (Lipinski definition) is 3. The molecule has 0 aliphatic rings. The molecule has 4 nitrogen and oxygen atoms in total. The van der Waals surface area contributed by atoms with Crippen LogP contribution in [0.15, 0.2) is 12.1 Å². The van der Waals surface area contributed by atoms with Crippen LogP contribution in [0, 0.1) is 6.92 Å². The van der Waals surface area contributed by atoms with E-state index >= 15 is 0 Å². The second-order valence-electron chi connectivity index (χ2n) is 4.39. The highest BCUT2D eigenvalue weighted by molar-refractivity contribution is 6.29. The zero-order valence-corrected chi connectivity index (χ0v) is 10.6. The lowest BCUT2D eigenvalue weighted by molar-refractivity contribution is 0.428. The standard InChI is InChI=1S/C11H15ClN4/c1-7-5-9(12)14-10-6-8(15-16(7)10)11(2,3)13-4/h5-6,13H,1-4H3. The first-order chi connectivity index (χ1) is 7.44. The number of aryl methyl sites for hydroxylation is 1. The van der Waals surface area contributed by atoms with E-state index in [0.29, 0.717) is 5.15 Å². The number of halogens is 1. The van der Waals surface area contributed by atoms with Gasteiger partial charge in [0.1, 0.15) is 5.15 Å². The summed E-state index contributed by atoms with van der Waals surface area (Å²) in [7, 11) is 1.91. The summed E-state index contributed by atoms with van der Waals surface area (Å²) < 4.78 is 1.81. The van der Waals surface area contributed by atoms with Crippen LogP contribution in [0.25, 0.3) is 5.65 Å². The van der Waals surface area contributed by atoms with Crippen molar-refractivity contribution in [1.29, 1.82) is 0 Å². The van der Waals surface area contributed by atoms with Crippen LogP contribution < -0.4 is 5.32 Å². The van der Waals surface area contributed by atoms with E-state index in [-0.39, 0.29) is 5.54 Å². The molecule has 0 atom stereocenters. The highest BCUT2D eigenvalue weighted by Crippen LogP contribution is 2.20. The maximum atomic E-state index is 5.91. The maximum Gasteiger partial charge on any atom is 0.157 e. The fourth-order valence-corrected chi connectivity index (χ4v) is 1.76. The summed E-state index contributed by atoms with van der Waals surface area (Å²) in [5.74, 6) is 0. The van der Waals surface area contributed by atoms with Gasteiger partial charge in [-0.15, -0.1) is 0 Å². The van der Waals surface area contributed by atoms with Gasteiger partial charge in [0.2, 0.25) is 0 Å². The van der Waals surface area contributed by atoms with Gasteiger partial charge in [-0.05, 0) is 33.9 Å². The average molecular weight is 239 g/mol. The summed E-state index contributed by atoms with van der Waals surface area (Å²) in [5.41, 5.74) is 2.54. The van der Waals surface area contributed by atoms with E-state index in [4.69, 9.17) is 11.6 Å². The Morgan fingerprint density at radius 2 is 2.06 bits per heavy atom. The molecule has 2 aromatic rings. The van der Waals surface area contributed by atoms with Crippen molar-refractivity contribution in [1.82, 2.24) is 19.9 Å². The minimum Gasteiger partial charge on any atom is -0.310 e. The van der Waals surface area contributed by atoms with Gasteiger partial charge in [-0.3, -0.25) is 0 Å². The molecule has 0 aromatic carbocycles. The lowest BCUT2D eigenvalue weighted by Gasteiger charge is -2.20. The van der Waals surface area contributed by atoms with E-state index in [2.05, 4.69) is 29.2 Å². The van der Waals surface area contributed by atoms with Crippen molar-refractivity contribution in [3.05, 3.63) is 28.7 Å². The van der Waals surface area contributed by atoms with E-state index in [9.17, 15) is 0 Å². The second kappa shape index (κ2) is 3.71. The Kier molecular flexibility index (Phi) is 2.64. The van der Waals surface area contributed by atoms with Crippen LogP contribution in [0.4, 0.5) is 0 Å². The van der Waals surface area contributed by atoms with Crippen LogP contribution in [0.5, 0.6) is 0 Å². The summed E-state index contributed by atoms with van der Waals surface area (Å²) in [4.78, 5) is 4.24. The molecule has 0 radical (unpaired) electrons. The molecule has 5 heteroatoms.